The second-order valence-corrected chi connectivity index (χ2v) is 3.44. The minimum atomic E-state index is -0.0435. The molecular weight excluding hydrogens is 222 g/mol. The summed E-state index contributed by atoms with van der Waals surface area (Å²) in [5.41, 5.74) is 6.00. The van der Waals surface area contributed by atoms with Gasteiger partial charge in [-0.2, -0.15) is 5.10 Å². The maximum Gasteiger partial charge on any atom is 0.162 e. The van der Waals surface area contributed by atoms with Crippen LogP contribution < -0.4 is 10.6 Å². The number of amidine groups is 1. The van der Waals surface area contributed by atoms with E-state index in [9.17, 15) is 0 Å². The summed E-state index contributed by atoms with van der Waals surface area (Å²) in [6.07, 6.45) is 1.50. The summed E-state index contributed by atoms with van der Waals surface area (Å²) in [6, 6.07) is 1.65. The highest BCUT2D eigenvalue weighted by molar-refractivity contribution is 5.99. The van der Waals surface area contributed by atoms with E-state index < -0.39 is 0 Å². The standard InChI is InChI=1S/C10H17N5O2/c1-15(4-6-17-7-5-16)10-8(9(11)12)2-3-13-14-10/h2-3,16H,4-7H2,1H3,(H3,11,12). The van der Waals surface area contributed by atoms with Gasteiger partial charge in [-0.3, -0.25) is 5.41 Å². The van der Waals surface area contributed by atoms with Crippen molar-refractivity contribution in [2.24, 2.45) is 5.73 Å². The predicted octanol–water partition coefficient (Wildman–Crippen LogP) is -0.794. The van der Waals surface area contributed by atoms with E-state index in [0.717, 1.165) is 0 Å². The van der Waals surface area contributed by atoms with Crippen LogP contribution >= 0.6 is 0 Å². The Kier molecular flexibility index (Phi) is 5.31. The van der Waals surface area contributed by atoms with Crippen LogP contribution in [0.3, 0.4) is 0 Å². The maximum atomic E-state index is 8.56. The van der Waals surface area contributed by atoms with Gasteiger partial charge in [-0.15, -0.1) is 5.10 Å². The molecule has 0 aromatic carbocycles. The van der Waals surface area contributed by atoms with Crippen molar-refractivity contribution in [1.82, 2.24) is 10.2 Å². The third-order valence-corrected chi connectivity index (χ3v) is 2.16. The Bertz CT molecular complexity index is 371. The Labute approximate surface area is 99.7 Å². The average Bonchev–Trinajstić information content (AvgIpc) is 2.34. The number of nitrogens with two attached hydrogens (primary N) is 1. The first-order valence-corrected chi connectivity index (χ1v) is 5.22. The van der Waals surface area contributed by atoms with Crippen molar-refractivity contribution in [3.05, 3.63) is 17.8 Å². The molecule has 0 saturated heterocycles. The van der Waals surface area contributed by atoms with Crippen LogP contribution in [0.2, 0.25) is 0 Å². The Balaban J connectivity index is 2.62. The zero-order chi connectivity index (χ0) is 12.7. The molecule has 0 saturated carbocycles. The van der Waals surface area contributed by atoms with Crippen molar-refractivity contribution in [1.29, 1.82) is 5.41 Å². The second-order valence-electron chi connectivity index (χ2n) is 3.44. The molecule has 1 heterocycles. The summed E-state index contributed by atoms with van der Waals surface area (Å²) in [5.74, 6) is 0.505. The number of aliphatic hydroxyl groups excluding tert-OH is 1. The highest BCUT2D eigenvalue weighted by Gasteiger charge is 2.11. The lowest BCUT2D eigenvalue weighted by Crippen LogP contribution is -2.27. The van der Waals surface area contributed by atoms with Gasteiger partial charge in [-0.05, 0) is 6.07 Å². The fourth-order valence-electron chi connectivity index (χ4n) is 1.29. The zero-order valence-electron chi connectivity index (χ0n) is 9.76. The molecule has 1 aromatic rings. The van der Waals surface area contributed by atoms with Crippen molar-refractivity contribution in [3.8, 4) is 0 Å². The van der Waals surface area contributed by atoms with E-state index in [-0.39, 0.29) is 12.4 Å². The first-order valence-electron chi connectivity index (χ1n) is 5.22. The molecule has 0 amide bonds. The Hall–Kier alpha value is -1.73. The molecule has 0 fully saturated rings. The fraction of sp³-hybridized carbons (Fsp3) is 0.500. The van der Waals surface area contributed by atoms with Crippen LogP contribution in [0.15, 0.2) is 12.3 Å². The topological polar surface area (TPSA) is 108 Å². The van der Waals surface area contributed by atoms with Gasteiger partial charge in [0.05, 0.1) is 31.6 Å². The molecular formula is C10H17N5O2. The molecule has 0 aliphatic rings. The van der Waals surface area contributed by atoms with Crippen molar-refractivity contribution < 1.29 is 9.84 Å². The Morgan fingerprint density at radius 3 is 3.00 bits per heavy atom. The summed E-state index contributed by atoms with van der Waals surface area (Å²) in [6.45, 7) is 1.37. The van der Waals surface area contributed by atoms with Gasteiger partial charge in [0, 0.05) is 13.6 Å². The summed E-state index contributed by atoms with van der Waals surface area (Å²) in [5, 5.41) is 23.7. The summed E-state index contributed by atoms with van der Waals surface area (Å²) in [4.78, 5) is 1.81. The third-order valence-electron chi connectivity index (χ3n) is 2.16. The van der Waals surface area contributed by atoms with Crippen LogP contribution in [0.4, 0.5) is 5.82 Å². The minimum absolute atomic E-state index is 0.00749. The molecule has 17 heavy (non-hydrogen) atoms. The lowest BCUT2D eigenvalue weighted by Gasteiger charge is -2.19. The number of aromatic nitrogens is 2. The molecule has 0 aliphatic carbocycles. The number of anilines is 1. The van der Waals surface area contributed by atoms with Gasteiger partial charge in [0.15, 0.2) is 5.82 Å². The van der Waals surface area contributed by atoms with Crippen LogP contribution in [-0.2, 0) is 4.74 Å². The van der Waals surface area contributed by atoms with Crippen LogP contribution in [-0.4, -0.2) is 54.6 Å². The second kappa shape index (κ2) is 6.77. The van der Waals surface area contributed by atoms with Gasteiger partial charge in [-0.1, -0.05) is 0 Å². The van der Waals surface area contributed by atoms with Crippen molar-refractivity contribution in [2.45, 2.75) is 0 Å². The molecule has 0 unspecified atom stereocenters. The van der Waals surface area contributed by atoms with Gasteiger partial charge in [-0.25, -0.2) is 0 Å². The molecule has 7 nitrogen and oxygen atoms in total. The highest BCUT2D eigenvalue weighted by atomic mass is 16.5. The number of nitrogens with one attached hydrogen (secondary N) is 1. The molecule has 1 rings (SSSR count). The number of hydrogen-bond acceptors (Lipinski definition) is 6. The van der Waals surface area contributed by atoms with E-state index in [4.69, 9.17) is 21.0 Å². The normalized spacial score (nSPS) is 10.2. The van der Waals surface area contributed by atoms with E-state index in [0.29, 0.717) is 31.1 Å². The molecule has 0 radical (unpaired) electrons. The number of nitrogens with zero attached hydrogens (tertiary/aromatic N) is 3. The number of aliphatic hydroxyl groups is 1. The minimum Gasteiger partial charge on any atom is -0.394 e. The quantitative estimate of drug-likeness (QED) is 0.327. The number of nitrogen functional groups attached to an aromatic ring is 1. The van der Waals surface area contributed by atoms with Crippen molar-refractivity contribution in [2.75, 3.05) is 38.3 Å². The van der Waals surface area contributed by atoms with Crippen LogP contribution in [0.5, 0.6) is 0 Å². The van der Waals surface area contributed by atoms with Gasteiger partial charge >= 0.3 is 0 Å². The van der Waals surface area contributed by atoms with Crippen molar-refractivity contribution >= 4 is 11.7 Å². The van der Waals surface area contributed by atoms with E-state index in [1.807, 2.05) is 7.05 Å². The Morgan fingerprint density at radius 2 is 2.35 bits per heavy atom. The largest absolute Gasteiger partial charge is 0.394 e. The number of hydrogen-bond donors (Lipinski definition) is 3. The smallest absolute Gasteiger partial charge is 0.162 e. The molecule has 94 valence electrons. The summed E-state index contributed by atoms with van der Waals surface area (Å²) in [7, 11) is 1.82. The van der Waals surface area contributed by atoms with Crippen LogP contribution in [0.25, 0.3) is 0 Å². The molecule has 0 spiro atoms. The molecule has 1 aromatic heterocycles. The van der Waals surface area contributed by atoms with Crippen LogP contribution in [0.1, 0.15) is 5.56 Å². The monoisotopic (exact) mass is 239 g/mol. The predicted molar refractivity (Wildman–Crippen MR) is 64.2 cm³/mol. The molecule has 7 heteroatoms. The lowest BCUT2D eigenvalue weighted by molar-refractivity contribution is 0.0970. The SMILES string of the molecule is CN(CCOCCO)c1nnccc1C(=N)N. The first-order chi connectivity index (χ1) is 8.16. The van der Waals surface area contributed by atoms with Crippen LogP contribution in [0, 0.1) is 5.41 Å². The number of likely N-dealkylation sites (N-methyl/N-ethyl adjacent to an activating group) is 1. The zero-order valence-corrected chi connectivity index (χ0v) is 9.76. The molecule has 0 bridgehead atoms. The van der Waals surface area contributed by atoms with Gasteiger partial charge in [0.25, 0.3) is 0 Å². The third kappa shape index (κ3) is 3.97. The summed E-state index contributed by atoms with van der Waals surface area (Å²) >= 11 is 0. The van der Waals surface area contributed by atoms with Gasteiger partial charge < -0.3 is 20.5 Å². The van der Waals surface area contributed by atoms with Crippen molar-refractivity contribution in [3.63, 3.8) is 0 Å². The molecule has 0 aliphatic heterocycles. The van der Waals surface area contributed by atoms with E-state index >= 15 is 0 Å². The van der Waals surface area contributed by atoms with E-state index in [2.05, 4.69) is 10.2 Å². The molecule has 0 atom stereocenters. The maximum absolute atomic E-state index is 8.56. The lowest BCUT2D eigenvalue weighted by atomic mass is 10.2. The van der Waals surface area contributed by atoms with Gasteiger partial charge in [0.2, 0.25) is 0 Å². The summed E-state index contributed by atoms with van der Waals surface area (Å²) < 4.78 is 5.15. The van der Waals surface area contributed by atoms with Gasteiger partial charge in [0.1, 0.15) is 5.84 Å². The number of ether oxygens (including phenoxy) is 1. The van der Waals surface area contributed by atoms with E-state index in [1.54, 1.807) is 11.0 Å². The Morgan fingerprint density at radius 1 is 1.59 bits per heavy atom. The fourth-order valence-corrected chi connectivity index (χ4v) is 1.29. The highest BCUT2D eigenvalue weighted by Crippen LogP contribution is 2.13. The van der Waals surface area contributed by atoms with E-state index in [1.165, 1.54) is 6.20 Å². The average molecular weight is 239 g/mol. The number of rotatable bonds is 7. The molecule has 4 N–H and O–H groups in total. The first kappa shape index (κ1) is 13.3.